The SMILES string of the molecule is Cc1cccc(F)c1N1CCC(N2C(=O)N(Cc3ccccc3C3CC3)c3nn(C)cc3[C@H]2C)CC1. The lowest BCUT2D eigenvalue weighted by Gasteiger charge is -2.46. The molecular formula is C29H34FN5O. The van der Waals surface area contributed by atoms with Crippen LogP contribution in [-0.2, 0) is 13.6 Å². The molecule has 36 heavy (non-hydrogen) atoms. The number of hydrogen-bond acceptors (Lipinski definition) is 3. The minimum absolute atomic E-state index is 0.0276. The molecule has 2 fully saturated rings. The standard InChI is InChI=1S/C29H34FN5O/c1-19-7-6-10-26(30)27(19)33-15-13-23(14-16-33)35-20(2)25-18-32(3)31-28(25)34(29(35)36)17-22-8-4-5-9-24(22)21-11-12-21/h4-10,18,20-21,23H,11-17H2,1-3H3/t20-/m1/s1. The lowest BCUT2D eigenvalue weighted by Crippen LogP contribution is -2.55. The van der Waals surface area contributed by atoms with Crippen molar-refractivity contribution in [3.8, 4) is 0 Å². The van der Waals surface area contributed by atoms with Gasteiger partial charge in [0.2, 0.25) is 0 Å². The molecule has 1 aromatic heterocycles. The number of amides is 2. The summed E-state index contributed by atoms with van der Waals surface area (Å²) < 4.78 is 16.4. The van der Waals surface area contributed by atoms with Crippen LogP contribution in [0.5, 0.6) is 0 Å². The van der Waals surface area contributed by atoms with E-state index in [1.807, 2.05) is 29.6 Å². The van der Waals surface area contributed by atoms with Crippen LogP contribution in [0.15, 0.2) is 48.7 Å². The first-order valence-electron chi connectivity index (χ1n) is 13.1. The number of aromatic nitrogens is 2. The number of anilines is 2. The van der Waals surface area contributed by atoms with Crippen LogP contribution >= 0.6 is 0 Å². The van der Waals surface area contributed by atoms with E-state index < -0.39 is 0 Å². The van der Waals surface area contributed by atoms with Gasteiger partial charge in [-0.3, -0.25) is 9.58 Å². The van der Waals surface area contributed by atoms with E-state index in [2.05, 4.69) is 47.2 Å². The molecule has 2 amide bonds. The van der Waals surface area contributed by atoms with Gasteiger partial charge in [-0.05, 0) is 68.2 Å². The molecule has 0 radical (unpaired) electrons. The Morgan fingerprint density at radius 3 is 2.47 bits per heavy atom. The van der Waals surface area contributed by atoms with Crippen LogP contribution in [0.2, 0.25) is 0 Å². The maximum Gasteiger partial charge on any atom is 0.326 e. The zero-order chi connectivity index (χ0) is 25.0. The average molecular weight is 488 g/mol. The number of urea groups is 1. The van der Waals surface area contributed by atoms with Crippen LogP contribution in [0.25, 0.3) is 0 Å². The Morgan fingerprint density at radius 1 is 1.00 bits per heavy atom. The number of halogens is 1. The molecule has 2 aromatic carbocycles. The van der Waals surface area contributed by atoms with E-state index in [0.29, 0.717) is 18.2 Å². The molecule has 188 valence electrons. The van der Waals surface area contributed by atoms with Gasteiger partial charge >= 0.3 is 6.03 Å². The Kier molecular flexibility index (Phi) is 5.73. The summed E-state index contributed by atoms with van der Waals surface area (Å²) in [7, 11) is 1.92. The molecule has 0 spiro atoms. The molecule has 0 N–H and O–H groups in total. The second-order valence-corrected chi connectivity index (χ2v) is 10.6. The summed E-state index contributed by atoms with van der Waals surface area (Å²) in [6, 6.07) is 13.9. The highest BCUT2D eigenvalue weighted by Crippen LogP contribution is 2.44. The Labute approximate surface area is 212 Å². The fourth-order valence-electron chi connectivity index (χ4n) is 6.19. The van der Waals surface area contributed by atoms with Crippen molar-refractivity contribution in [2.45, 2.75) is 64.1 Å². The third-order valence-corrected chi connectivity index (χ3v) is 8.17. The van der Waals surface area contributed by atoms with Gasteiger partial charge in [0.1, 0.15) is 5.82 Å². The van der Waals surface area contributed by atoms with E-state index in [1.165, 1.54) is 30.0 Å². The minimum atomic E-state index is -0.170. The van der Waals surface area contributed by atoms with E-state index >= 15 is 0 Å². The van der Waals surface area contributed by atoms with E-state index in [0.717, 1.165) is 42.9 Å². The zero-order valence-corrected chi connectivity index (χ0v) is 21.3. The maximum absolute atomic E-state index is 14.6. The summed E-state index contributed by atoms with van der Waals surface area (Å²) in [5, 5.41) is 4.72. The highest BCUT2D eigenvalue weighted by molar-refractivity contribution is 5.94. The quantitative estimate of drug-likeness (QED) is 0.449. The predicted molar refractivity (Wildman–Crippen MR) is 140 cm³/mol. The van der Waals surface area contributed by atoms with Crippen LogP contribution in [0, 0.1) is 12.7 Å². The van der Waals surface area contributed by atoms with Gasteiger partial charge in [0.05, 0.1) is 18.3 Å². The Morgan fingerprint density at radius 2 is 1.75 bits per heavy atom. The first-order chi connectivity index (χ1) is 17.4. The predicted octanol–water partition coefficient (Wildman–Crippen LogP) is 5.92. The molecule has 7 heteroatoms. The number of hydrogen-bond donors (Lipinski definition) is 0. The molecule has 3 aliphatic rings. The molecule has 6 nitrogen and oxygen atoms in total. The lowest BCUT2D eigenvalue weighted by molar-refractivity contribution is 0.136. The van der Waals surface area contributed by atoms with Crippen LogP contribution < -0.4 is 9.80 Å². The van der Waals surface area contributed by atoms with Gasteiger partial charge in [-0.25, -0.2) is 9.18 Å². The Hall–Kier alpha value is -3.35. The summed E-state index contributed by atoms with van der Waals surface area (Å²) in [6.45, 7) is 6.07. The number of benzene rings is 2. The summed E-state index contributed by atoms with van der Waals surface area (Å²) >= 11 is 0. The van der Waals surface area contributed by atoms with E-state index in [9.17, 15) is 9.18 Å². The number of aryl methyl sites for hydroxylation is 2. The summed E-state index contributed by atoms with van der Waals surface area (Å²) in [5.74, 6) is 1.22. The number of rotatable bonds is 5. The topological polar surface area (TPSA) is 44.6 Å². The van der Waals surface area contributed by atoms with Crippen LogP contribution in [0.1, 0.15) is 66.8 Å². The average Bonchev–Trinajstić information content (AvgIpc) is 3.63. The third-order valence-electron chi connectivity index (χ3n) is 8.17. The van der Waals surface area contributed by atoms with E-state index in [1.54, 1.807) is 6.07 Å². The van der Waals surface area contributed by atoms with E-state index in [-0.39, 0.29) is 23.9 Å². The molecule has 6 rings (SSSR count). The molecule has 1 saturated carbocycles. The minimum Gasteiger partial charge on any atom is -0.369 e. The number of para-hydroxylation sites is 1. The van der Waals surface area contributed by atoms with Crippen molar-refractivity contribution in [1.82, 2.24) is 14.7 Å². The highest BCUT2D eigenvalue weighted by Gasteiger charge is 2.42. The van der Waals surface area contributed by atoms with Gasteiger partial charge < -0.3 is 9.80 Å². The first kappa shape index (κ1) is 23.1. The van der Waals surface area contributed by atoms with Crippen LogP contribution in [0.4, 0.5) is 20.7 Å². The highest BCUT2D eigenvalue weighted by atomic mass is 19.1. The lowest BCUT2D eigenvalue weighted by atomic mass is 9.96. The number of nitrogens with zero attached hydrogens (tertiary/aromatic N) is 5. The van der Waals surface area contributed by atoms with Gasteiger partial charge in [-0.1, -0.05) is 36.4 Å². The Balaban J connectivity index is 1.27. The number of carbonyl (C=O) groups excluding carboxylic acids is 1. The van der Waals surface area contributed by atoms with Crippen molar-refractivity contribution in [3.05, 3.63) is 76.7 Å². The second-order valence-electron chi connectivity index (χ2n) is 10.6. The fourth-order valence-corrected chi connectivity index (χ4v) is 6.19. The molecule has 2 aliphatic heterocycles. The van der Waals surface area contributed by atoms with Gasteiger partial charge in [0, 0.05) is 37.9 Å². The van der Waals surface area contributed by atoms with Crippen molar-refractivity contribution in [3.63, 3.8) is 0 Å². The Bertz CT molecular complexity index is 1270. The van der Waals surface area contributed by atoms with Crippen LogP contribution in [-0.4, -0.2) is 39.8 Å². The van der Waals surface area contributed by atoms with Gasteiger partial charge in [-0.2, -0.15) is 5.10 Å². The second kappa shape index (κ2) is 8.95. The largest absolute Gasteiger partial charge is 0.369 e. The van der Waals surface area contributed by atoms with E-state index in [4.69, 9.17) is 5.10 Å². The third kappa shape index (κ3) is 3.94. The van der Waals surface area contributed by atoms with Crippen molar-refractivity contribution in [2.75, 3.05) is 22.9 Å². The monoisotopic (exact) mass is 487 g/mol. The fraction of sp³-hybridized carbons (Fsp3) is 0.448. The zero-order valence-electron chi connectivity index (χ0n) is 21.3. The van der Waals surface area contributed by atoms with Crippen molar-refractivity contribution in [1.29, 1.82) is 0 Å². The number of piperidine rings is 1. The van der Waals surface area contributed by atoms with Gasteiger partial charge in [0.25, 0.3) is 0 Å². The number of carbonyl (C=O) groups is 1. The summed E-state index contributed by atoms with van der Waals surface area (Å²) in [4.78, 5) is 20.2. The van der Waals surface area contributed by atoms with Gasteiger partial charge in [0.15, 0.2) is 5.82 Å². The molecule has 3 heterocycles. The first-order valence-corrected chi connectivity index (χ1v) is 13.1. The smallest absolute Gasteiger partial charge is 0.326 e. The maximum atomic E-state index is 14.6. The normalized spacial score (nSPS) is 20.7. The van der Waals surface area contributed by atoms with Crippen molar-refractivity contribution < 1.29 is 9.18 Å². The molecular weight excluding hydrogens is 453 g/mol. The van der Waals surface area contributed by atoms with Gasteiger partial charge in [-0.15, -0.1) is 0 Å². The summed E-state index contributed by atoms with van der Waals surface area (Å²) in [5.41, 5.74) is 5.32. The molecule has 1 atom stereocenters. The molecule has 1 saturated heterocycles. The molecule has 0 unspecified atom stereocenters. The molecule has 0 bridgehead atoms. The van der Waals surface area contributed by atoms with Crippen LogP contribution in [0.3, 0.4) is 0 Å². The number of fused-ring (bicyclic) bond motifs is 1. The van der Waals surface area contributed by atoms with Crippen molar-refractivity contribution in [2.24, 2.45) is 7.05 Å². The van der Waals surface area contributed by atoms with Crippen molar-refractivity contribution >= 4 is 17.5 Å². The summed E-state index contributed by atoms with van der Waals surface area (Å²) in [6.07, 6.45) is 6.13. The molecule has 1 aliphatic carbocycles. The molecule has 3 aromatic rings.